The molecule has 3 unspecified atom stereocenters. The molecule has 1 aliphatic rings. The number of likely N-dealkylation sites (tertiary alicyclic amines) is 1. The zero-order valence-electron chi connectivity index (χ0n) is 14.0. The second-order valence-electron chi connectivity index (χ2n) is 6.99. The number of carbonyl (C=O) groups is 1. The Morgan fingerprint density at radius 1 is 1.35 bits per heavy atom. The second kappa shape index (κ2) is 7.41. The van der Waals surface area contributed by atoms with Crippen LogP contribution in [-0.4, -0.2) is 48.7 Å². The van der Waals surface area contributed by atoms with Crippen molar-refractivity contribution >= 4 is 5.97 Å². The van der Waals surface area contributed by atoms with Crippen LogP contribution in [0.2, 0.25) is 0 Å². The van der Waals surface area contributed by atoms with Crippen LogP contribution < -0.4 is 5.32 Å². The van der Waals surface area contributed by atoms with Gasteiger partial charge in [-0.1, -0.05) is 13.8 Å². The first-order valence-electron chi connectivity index (χ1n) is 7.94. The summed E-state index contributed by atoms with van der Waals surface area (Å²) in [4.78, 5) is 14.7. The molecule has 0 amide bonds. The average Bonchev–Trinajstić information content (AvgIpc) is 2.26. The summed E-state index contributed by atoms with van der Waals surface area (Å²) in [6.45, 7) is 15.8. The van der Waals surface area contributed by atoms with E-state index < -0.39 is 5.54 Å². The Bertz CT molecular complexity index is 310. The van der Waals surface area contributed by atoms with Crippen molar-refractivity contribution < 1.29 is 9.53 Å². The number of esters is 1. The molecule has 4 heteroatoms. The molecule has 20 heavy (non-hydrogen) atoms. The zero-order chi connectivity index (χ0) is 15.3. The molecule has 0 aromatic rings. The van der Waals surface area contributed by atoms with Gasteiger partial charge in [-0.25, -0.2) is 0 Å². The Morgan fingerprint density at radius 3 is 2.35 bits per heavy atom. The van der Waals surface area contributed by atoms with E-state index in [0.717, 1.165) is 19.6 Å². The van der Waals surface area contributed by atoms with Crippen molar-refractivity contribution in [3.8, 4) is 0 Å². The zero-order valence-corrected chi connectivity index (χ0v) is 14.0. The first-order chi connectivity index (χ1) is 9.26. The number of carbonyl (C=O) groups excluding carboxylic acids is 1. The lowest BCUT2D eigenvalue weighted by Crippen LogP contribution is -2.60. The molecule has 1 saturated heterocycles. The molecule has 1 N–H and O–H groups in total. The van der Waals surface area contributed by atoms with Gasteiger partial charge in [-0.15, -0.1) is 0 Å². The Morgan fingerprint density at radius 2 is 1.90 bits per heavy atom. The lowest BCUT2D eigenvalue weighted by Gasteiger charge is -2.40. The van der Waals surface area contributed by atoms with Crippen LogP contribution in [0.25, 0.3) is 0 Å². The lowest BCUT2D eigenvalue weighted by molar-refractivity contribution is -0.152. The highest BCUT2D eigenvalue weighted by molar-refractivity contribution is 5.80. The number of piperidine rings is 1. The molecule has 0 aromatic heterocycles. The minimum Gasteiger partial charge on any atom is -0.465 e. The molecular formula is C16H32N2O2. The van der Waals surface area contributed by atoms with E-state index in [9.17, 15) is 4.79 Å². The molecule has 0 spiro atoms. The SMILES string of the molecule is CCOC(=O)C(C)(CN1CC(C)CC(C)C1)NC(C)C. The Labute approximate surface area is 124 Å². The Hall–Kier alpha value is -0.610. The molecule has 118 valence electrons. The lowest BCUT2D eigenvalue weighted by atomic mass is 9.90. The van der Waals surface area contributed by atoms with Crippen LogP contribution >= 0.6 is 0 Å². The van der Waals surface area contributed by atoms with Gasteiger partial charge in [-0.3, -0.25) is 10.1 Å². The van der Waals surface area contributed by atoms with E-state index in [2.05, 4.69) is 37.9 Å². The molecule has 1 heterocycles. The van der Waals surface area contributed by atoms with Crippen molar-refractivity contribution in [3.05, 3.63) is 0 Å². The molecule has 0 aliphatic carbocycles. The largest absolute Gasteiger partial charge is 0.465 e. The molecule has 1 fully saturated rings. The van der Waals surface area contributed by atoms with Gasteiger partial charge in [0, 0.05) is 25.7 Å². The fourth-order valence-electron chi connectivity index (χ4n) is 3.46. The van der Waals surface area contributed by atoms with Crippen LogP contribution in [-0.2, 0) is 9.53 Å². The summed E-state index contributed by atoms with van der Waals surface area (Å²) < 4.78 is 5.28. The standard InChI is InChI=1S/C16H32N2O2/c1-7-20-15(19)16(6,17-12(2)3)11-18-9-13(4)8-14(5)10-18/h12-14,17H,7-11H2,1-6H3. The van der Waals surface area contributed by atoms with Gasteiger partial charge in [0.05, 0.1) is 6.61 Å². The first-order valence-corrected chi connectivity index (χ1v) is 7.94. The number of nitrogens with one attached hydrogen (secondary N) is 1. The third kappa shape index (κ3) is 5.06. The van der Waals surface area contributed by atoms with Gasteiger partial charge < -0.3 is 9.64 Å². The predicted octanol–water partition coefficient (Wildman–Crippen LogP) is 2.28. The van der Waals surface area contributed by atoms with Crippen LogP contribution in [0.4, 0.5) is 0 Å². The van der Waals surface area contributed by atoms with E-state index in [1.807, 2.05) is 13.8 Å². The Kier molecular flexibility index (Phi) is 6.46. The molecule has 0 saturated carbocycles. The summed E-state index contributed by atoms with van der Waals surface area (Å²) in [7, 11) is 0. The Balaban J connectivity index is 2.75. The van der Waals surface area contributed by atoms with Gasteiger partial charge in [-0.05, 0) is 46.0 Å². The molecule has 4 nitrogen and oxygen atoms in total. The normalized spacial score (nSPS) is 27.4. The molecule has 1 rings (SSSR count). The summed E-state index contributed by atoms with van der Waals surface area (Å²) in [6, 6.07) is 0.254. The summed E-state index contributed by atoms with van der Waals surface area (Å²) in [5, 5.41) is 3.40. The highest BCUT2D eigenvalue weighted by Gasteiger charge is 2.38. The summed E-state index contributed by atoms with van der Waals surface area (Å²) >= 11 is 0. The monoisotopic (exact) mass is 284 g/mol. The fraction of sp³-hybridized carbons (Fsp3) is 0.938. The van der Waals surface area contributed by atoms with Crippen LogP contribution in [0.1, 0.15) is 48.0 Å². The van der Waals surface area contributed by atoms with Crippen molar-refractivity contribution in [1.29, 1.82) is 0 Å². The smallest absolute Gasteiger partial charge is 0.327 e. The number of ether oxygens (including phenoxy) is 1. The van der Waals surface area contributed by atoms with E-state index in [1.165, 1.54) is 6.42 Å². The molecule has 3 atom stereocenters. The van der Waals surface area contributed by atoms with Crippen LogP contribution in [0.3, 0.4) is 0 Å². The molecule has 0 radical (unpaired) electrons. The van der Waals surface area contributed by atoms with E-state index in [0.29, 0.717) is 18.4 Å². The van der Waals surface area contributed by atoms with Crippen LogP contribution in [0.5, 0.6) is 0 Å². The number of nitrogens with zero attached hydrogens (tertiary/aromatic N) is 1. The predicted molar refractivity (Wildman–Crippen MR) is 82.7 cm³/mol. The number of hydrogen-bond donors (Lipinski definition) is 1. The highest BCUT2D eigenvalue weighted by atomic mass is 16.5. The van der Waals surface area contributed by atoms with Crippen molar-refractivity contribution in [2.24, 2.45) is 11.8 Å². The fourth-order valence-corrected chi connectivity index (χ4v) is 3.46. The van der Waals surface area contributed by atoms with Crippen molar-refractivity contribution in [3.63, 3.8) is 0 Å². The van der Waals surface area contributed by atoms with Crippen molar-refractivity contribution in [1.82, 2.24) is 10.2 Å². The van der Waals surface area contributed by atoms with E-state index in [1.54, 1.807) is 0 Å². The van der Waals surface area contributed by atoms with Gasteiger partial charge in [0.2, 0.25) is 0 Å². The topological polar surface area (TPSA) is 41.6 Å². The van der Waals surface area contributed by atoms with E-state index >= 15 is 0 Å². The van der Waals surface area contributed by atoms with Gasteiger partial charge in [0.1, 0.15) is 5.54 Å². The van der Waals surface area contributed by atoms with Crippen LogP contribution in [0, 0.1) is 11.8 Å². The van der Waals surface area contributed by atoms with Crippen LogP contribution in [0.15, 0.2) is 0 Å². The molecular weight excluding hydrogens is 252 g/mol. The van der Waals surface area contributed by atoms with Gasteiger partial charge in [0.15, 0.2) is 0 Å². The summed E-state index contributed by atoms with van der Waals surface area (Å²) in [5.74, 6) is 1.26. The quantitative estimate of drug-likeness (QED) is 0.760. The van der Waals surface area contributed by atoms with E-state index in [4.69, 9.17) is 4.74 Å². The second-order valence-corrected chi connectivity index (χ2v) is 6.99. The molecule has 1 aliphatic heterocycles. The maximum absolute atomic E-state index is 12.3. The number of rotatable bonds is 6. The van der Waals surface area contributed by atoms with Gasteiger partial charge in [-0.2, -0.15) is 0 Å². The van der Waals surface area contributed by atoms with Gasteiger partial charge >= 0.3 is 5.97 Å². The van der Waals surface area contributed by atoms with E-state index in [-0.39, 0.29) is 12.0 Å². The third-order valence-electron chi connectivity index (χ3n) is 3.82. The minimum absolute atomic E-state index is 0.139. The van der Waals surface area contributed by atoms with Crippen molar-refractivity contribution in [2.75, 3.05) is 26.2 Å². The molecule has 0 aromatic carbocycles. The molecule has 0 bridgehead atoms. The maximum atomic E-state index is 12.3. The minimum atomic E-state index is -0.624. The maximum Gasteiger partial charge on any atom is 0.327 e. The summed E-state index contributed by atoms with van der Waals surface area (Å²) in [6.07, 6.45) is 1.28. The average molecular weight is 284 g/mol. The van der Waals surface area contributed by atoms with Crippen molar-refractivity contribution in [2.45, 2.75) is 59.5 Å². The number of hydrogen-bond acceptors (Lipinski definition) is 4. The third-order valence-corrected chi connectivity index (χ3v) is 3.82. The van der Waals surface area contributed by atoms with Gasteiger partial charge in [0.25, 0.3) is 0 Å². The first kappa shape index (κ1) is 17.4. The highest BCUT2D eigenvalue weighted by Crippen LogP contribution is 2.23. The summed E-state index contributed by atoms with van der Waals surface area (Å²) in [5.41, 5.74) is -0.624.